The molecule has 2 aliphatic rings. The molecule has 152 valence electrons. The number of benzene rings is 1. The molecule has 11 heteroatoms. The van der Waals surface area contributed by atoms with Gasteiger partial charge in [0.2, 0.25) is 0 Å². The Balaban J connectivity index is 1.74. The number of halogens is 2. The Hall–Kier alpha value is -3.50. The molecule has 1 aromatic carbocycles. The van der Waals surface area contributed by atoms with E-state index in [1.54, 1.807) is 6.07 Å². The fourth-order valence-electron chi connectivity index (χ4n) is 4.21. The summed E-state index contributed by atoms with van der Waals surface area (Å²) < 4.78 is 15.3. The van der Waals surface area contributed by atoms with Gasteiger partial charge in [-0.2, -0.15) is 0 Å². The van der Waals surface area contributed by atoms with Crippen molar-refractivity contribution in [1.82, 2.24) is 19.9 Å². The summed E-state index contributed by atoms with van der Waals surface area (Å²) in [6.45, 7) is 0. The summed E-state index contributed by atoms with van der Waals surface area (Å²) in [6.07, 6.45) is 1.41. The van der Waals surface area contributed by atoms with Crippen molar-refractivity contribution in [2.45, 2.75) is 18.1 Å². The van der Waals surface area contributed by atoms with E-state index in [9.17, 15) is 14.0 Å². The molecule has 0 saturated carbocycles. The van der Waals surface area contributed by atoms with Crippen LogP contribution < -0.4 is 27.7 Å². The predicted molar refractivity (Wildman–Crippen MR) is 108 cm³/mol. The van der Waals surface area contributed by atoms with E-state index >= 15 is 0 Å². The summed E-state index contributed by atoms with van der Waals surface area (Å²) in [6, 6.07) is 6.42. The van der Waals surface area contributed by atoms with Gasteiger partial charge in [-0.15, -0.1) is 0 Å². The van der Waals surface area contributed by atoms with Crippen LogP contribution in [0.2, 0.25) is 5.02 Å². The van der Waals surface area contributed by atoms with Crippen LogP contribution in [0.5, 0.6) is 0 Å². The van der Waals surface area contributed by atoms with Crippen molar-refractivity contribution in [3.05, 3.63) is 74.7 Å². The second-order valence-corrected chi connectivity index (χ2v) is 7.61. The number of nitrogens with two attached hydrogens (primary N) is 2. The van der Waals surface area contributed by atoms with Crippen molar-refractivity contribution in [3.8, 4) is 0 Å². The van der Waals surface area contributed by atoms with Gasteiger partial charge in [0.15, 0.2) is 0 Å². The number of hydrogen-bond acceptors (Lipinski definition) is 7. The number of hydrogen-bond donors (Lipinski definition) is 4. The quantitative estimate of drug-likeness (QED) is 0.486. The summed E-state index contributed by atoms with van der Waals surface area (Å²) in [5.41, 5.74) is 11.1. The summed E-state index contributed by atoms with van der Waals surface area (Å²) in [5.74, 6) is -0.564. The molecule has 2 atom stereocenters. The SMILES string of the molecule is Nc1cc(Nc2cc(Cl)c3n(c2=O)C2(C[C@H](N)c4ccc(F)cc42)NC3=O)ncn1. The van der Waals surface area contributed by atoms with E-state index in [1.807, 2.05) is 0 Å². The second-order valence-electron chi connectivity index (χ2n) is 7.20. The van der Waals surface area contributed by atoms with E-state index in [-0.39, 0.29) is 34.5 Å². The Morgan fingerprint density at radius 2 is 2.07 bits per heavy atom. The maximum atomic E-state index is 14.1. The topological polar surface area (TPSA) is 141 Å². The molecule has 0 fully saturated rings. The Morgan fingerprint density at radius 3 is 2.83 bits per heavy atom. The molecule has 1 aliphatic heterocycles. The van der Waals surface area contributed by atoms with E-state index < -0.39 is 29.0 Å². The lowest BCUT2D eigenvalue weighted by atomic mass is 10.0. The minimum atomic E-state index is -1.34. The third-order valence-corrected chi connectivity index (χ3v) is 5.69. The summed E-state index contributed by atoms with van der Waals surface area (Å²) in [5, 5.41) is 5.72. The van der Waals surface area contributed by atoms with Gasteiger partial charge in [0.1, 0.15) is 40.8 Å². The van der Waals surface area contributed by atoms with Gasteiger partial charge in [-0.3, -0.25) is 14.2 Å². The minimum absolute atomic E-state index is 0.0151. The average Bonchev–Trinajstić information content (AvgIpc) is 3.13. The largest absolute Gasteiger partial charge is 0.384 e. The number of nitrogens with one attached hydrogen (secondary N) is 2. The van der Waals surface area contributed by atoms with Crippen LogP contribution in [0.25, 0.3) is 0 Å². The van der Waals surface area contributed by atoms with Crippen molar-refractivity contribution in [2.24, 2.45) is 5.73 Å². The van der Waals surface area contributed by atoms with Gasteiger partial charge < -0.3 is 22.1 Å². The first-order valence-corrected chi connectivity index (χ1v) is 9.36. The molecule has 1 spiro atoms. The van der Waals surface area contributed by atoms with Crippen LogP contribution >= 0.6 is 11.6 Å². The highest BCUT2D eigenvalue weighted by atomic mass is 35.5. The number of nitrogen functional groups attached to an aromatic ring is 1. The molecule has 9 nitrogen and oxygen atoms in total. The standard InChI is InChI=1S/C19H15ClFN7O2/c20-11-4-13(26-15-5-14(23)24-7-25-15)18(30)28-16(11)17(29)27-19(28)6-12(22)9-2-1-8(21)3-10(9)19/h1-5,7,12H,6,22H2,(H,27,29)(H3,23,24,25,26)/t12-,19?/m0/s1. The first-order valence-electron chi connectivity index (χ1n) is 8.99. The number of amides is 1. The van der Waals surface area contributed by atoms with E-state index in [2.05, 4.69) is 20.6 Å². The molecule has 1 unspecified atom stereocenters. The number of aromatic nitrogens is 3. The van der Waals surface area contributed by atoms with E-state index in [1.165, 1.54) is 35.2 Å². The molecule has 5 rings (SSSR count). The maximum absolute atomic E-state index is 14.1. The molecule has 2 aromatic heterocycles. The third-order valence-electron chi connectivity index (χ3n) is 5.40. The van der Waals surface area contributed by atoms with E-state index in [0.717, 1.165) is 0 Å². The predicted octanol–water partition coefficient (Wildman–Crippen LogP) is 1.60. The van der Waals surface area contributed by atoms with Gasteiger partial charge in [0.05, 0.1) is 5.02 Å². The highest BCUT2D eigenvalue weighted by Gasteiger charge is 2.52. The Morgan fingerprint density at radius 1 is 1.27 bits per heavy atom. The van der Waals surface area contributed by atoms with Crippen LogP contribution in [0, 0.1) is 5.82 Å². The Labute approximate surface area is 173 Å². The van der Waals surface area contributed by atoms with Gasteiger partial charge in [0, 0.05) is 24.1 Å². The fourth-order valence-corrected chi connectivity index (χ4v) is 4.49. The molecular weight excluding hydrogens is 413 g/mol. The first kappa shape index (κ1) is 18.5. The highest BCUT2D eigenvalue weighted by molar-refractivity contribution is 6.34. The highest BCUT2D eigenvalue weighted by Crippen LogP contribution is 2.46. The van der Waals surface area contributed by atoms with E-state index in [4.69, 9.17) is 23.1 Å². The Kier molecular flexibility index (Phi) is 3.86. The zero-order valence-electron chi connectivity index (χ0n) is 15.3. The van der Waals surface area contributed by atoms with Gasteiger partial charge in [-0.1, -0.05) is 17.7 Å². The lowest BCUT2D eigenvalue weighted by Gasteiger charge is -2.28. The molecule has 0 saturated heterocycles. The number of rotatable bonds is 2. The van der Waals surface area contributed by atoms with Crippen LogP contribution in [0.15, 0.2) is 41.5 Å². The van der Waals surface area contributed by atoms with Crippen LogP contribution in [0.3, 0.4) is 0 Å². The second kappa shape index (κ2) is 6.25. The zero-order chi connectivity index (χ0) is 21.2. The van der Waals surface area contributed by atoms with Crippen LogP contribution in [0.1, 0.15) is 34.1 Å². The zero-order valence-corrected chi connectivity index (χ0v) is 16.1. The van der Waals surface area contributed by atoms with Crippen LogP contribution in [-0.4, -0.2) is 20.4 Å². The molecule has 1 amide bonds. The fraction of sp³-hybridized carbons (Fsp3) is 0.158. The normalized spacial score (nSPS) is 21.4. The number of carbonyl (C=O) groups is 1. The Bertz CT molecular complexity index is 1290. The van der Waals surface area contributed by atoms with Gasteiger partial charge in [0.25, 0.3) is 11.5 Å². The molecule has 0 radical (unpaired) electrons. The monoisotopic (exact) mass is 427 g/mol. The number of pyridine rings is 1. The summed E-state index contributed by atoms with van der Waals surface area (Å²) in [7, 11) is 0. The van der Waals surface area contributed by atoms with Crippen LogP contribution in [0.4, 0.5) is 21.7 Å². The summed E-state index contributed by atoms with van der Waals surface area (Å²) in [4.78, 5) is 34.0. The maximum Gasteiger partial charge on any atom is 0.277 e. The molecule has 3 heterocycles. The molecule has 3 aromatic rings. The molecule has 1 aliphatic carbocycles. The molecule has 0 bridgehead atoms. The number of nitrogens with zero attached hydrogens (tertiary/aromatic N) is 3. The van der Waals surface area contributed by atoms with E-state index in [0.29, 0.717) is 11.1 Å². The number of anilines is 3. The molecule has 6 N–H and O–H groups in total. The number of carbonyl (C=O) groups excluding carboxylic acids is 1. The lowest BCUT2D eigenvalue weighted by molar-refractivity contribution is 0.0934. The third kappa shape index (κ3) is 2.50. The minimum Gasteiger partial charge on any atom is -0.384 e. The average molecular weight is 428 g/mol. The van der Waals surface area contributed by atoms with Crippen molar-refractivity contribution >= 4 is 34.8 Å². The first-order chi connectivity index (χ1) is 14.3. The van der Waals surface area contributed by atoms with Gasteiger partial charge >= 0.3 is 0 Å². The van der Waals surface area contributed by atoms with Crippen molar-refractivity contribution in [3.63, 3.8) is 0 Å². The molecular formula is C19H15ClFN7O2. The summed E-state index contributed by atoms with van der Waals surface area (Å²) >= 11 is 6.37. The number of fused-ring (bicyclic) bond motifs is 4. The van der Waals surface area contributed by atoms with Crippen molar-refractivity contribution < 1.29 is 9.18 Å². The van der Waals surface area contributed by atoms with Crippen LogP contribution in [-0.2, 0) is 5.66 Å². The molecule has 30 heavy (non-hydrogen) atoms. The van der Waals surface area contributed by atoms with Gasteiger partial charge in [-0.25, -0.2) is 14.4 Å². The van der Waals surface area contributed by atoms with Crippen molar-refractivity contribution in [1.29, 1.82) is 0 Å². The smallest absolute Gasteiger partial charge is 0.277 e. The lowest BCUT2D eigenvalue weighted by Crippen LogP contribution is -2.47. The van der Waals surface area contributed by atoms with Gasteiger partial charge in [-0.05, 0) is 23.8 Å². The van der Waals surface area contributed by atoms with Crippen molar-refractivity contribution in [2.75, 3.05) is 11.1 Å².